The predicted molar refractivity (Wildman–Crippen MR) is 97.2 cm³/mol. The number of rotatable bonds is 10. The van der Waals surface area contributed by atoms with Crippen LogP contribution in [-0.4, -0.2) is 47.6 Å². The molecule has 0 heterocycles. The first-order valence-corrected chi connectivity index (χ1v) is 10.9. The molecule has 0 saturated heterocycles. The van der Waals surface area contributed by atoms with Crippen LogP contribution >= 0.6 is 0 Å². The molecule has 0 fully saturated rings. The van der Waals surface area contributed by atoms with Crippen molar-refractivity contribution in [1.29, 1.82) is 0 Å². The van der Waals surface area contributed by atoms with Crippen molar-refractivity contribution >= 4 is 0 Å². The molecule has 2 rings (SSSR count). The lowest BCUT2D eigenvalue weighted by atomic mass is 9.85. The lowest BCUT2D eigenvalue weighted by Gasteiger charge is -2.43. The van der Waals surface area contributed by atoms with Gasteiger partial charge in [0, 0.05) is 0 Å². The van der Waals surface area contributed by atoms with Crippen molar-refractivity contribution in [3.63, 3.8) is 0 Å². The molecule has 0 bridgehead atoms. The second-order valence-electron chi connectivity index (χ2n) is 9.05. The van der Waals surface area contributed by atoms with Gasteiger partial charge in [0.15, 0.2) is 17.4 Å². The van der Waals surface area contributed by atoms with Crippen molar-refractivity contribution in [1.82, 2.24) is 0 Å². The molecule has 0 aliphatic carbocycles. The highest BCUT2D eigenvalue weighted by Gasteiger charge is 2.97. The fourth-order valence-corrected chi connectivity index (χ4v) is 3.28. The van der Waals surface area contributed by atoms with Crippen LogP contribution in [0.15, 0.2) is 0 Å². The van der Waals surface area contributed by atoms with Crippen LogP contribution in [0, 0.1) is 52.4 Å². The average molecular weight is 800 g/mol. The van der Waals surface area contributed by atoms with Gasteiger partial charge in [0.1, 0.15) is 5.56 Å². The first-order chi connectivity index (χ1) is 21.8. The Kier molecular flexibility index (Phi) is 9.89. The van der Waals surface area contributed by atoms with E-state index in [0.29, 0.717) is 0 Å². The van der Waals surface area contributed by atoms with Crippen LogP contribution in [-0.2, 0) is 5.92 Å². The maximum absolute atomic E-state index is 14.8. The molecule has 0 saturated carbocycles. The summed E-state index contributed by atoms with van der Waals surface area (Å²) < 4.78 is 386. The van der Waals surface area contributed by atoms with Crippen molar-refractivity contribution in [3.8, 4) is 11.5 Å². The molecule has 0 spiro atoms. The largest absolute Gasteiger partial charge is 0.460 e. The van der Waals surface area contributed by atoms with E-state index < -0.39 is 123 Å². The van der Waals surface area contributed by atoms with Crippen molar-refractivity contribution in [2.75, 3.05) is 0 Å². The summed E-state index contributed by atoms with van der Waals surface area (Å²) in [5.74, 6) is -114. The van der Waals surface area contributed by atoms with E-state index in [9.17, 15) is 123 Å². The van der Waals surface area contributed by atoms with Crippen LogP contribution in [0.3, 0.4) is 0 Å². The van der Waals surface area contributed by atoms with Crippen LogP contribution in [0.1, 0.15) is 5.56 Å². The highest BCUT2D eigenvalue weighted by molar-refractivity contribution is 5.46. The van der Waals surface area contributed by atoms with Gasteiger partial charge in [-0.2, -0.15) is 96.6 Å². The van der Waals surface area contributed by atoms with Crippen LogP contribution < -0.4 is 4.74 Å². The summed E-state index contributed by atoms with van der Waals surface area (Å²) in [6.07, 6.45) is -8.20. The topological polar surface area (TPSA) is 9.23 Å². The molecule has 1 nitrogen and oxygen atoms in total. The lowest BCUT2D eigenvalue weighted by Crippen LogP contribution is -2.75. The monoisotopic (exact) mass is 800 g/mol. The second kappa shape index (κ2) is 11.7. The van der Waals surface area contributed by atoms with Gasteiger partial charge in [-0.3, -0.25) is 0 Å². The summed E-state index contributed by atoms with van der Waals surface area (Å²) in [7, 11) is 0. The van der Waals surface area contributed by atoms with Gasteiger partial charge in [-0.15, -0.1) is 0 Å². The third-order valence-electron chi connectivity index (χ3n) is 6.03. The van der Waals surface area contributed by atoms with E-state index in [-0.39, 0.29) is 0 Å². The normalized spacial score (nSPS) is 14.8. The van der Waals surface area contributed by atoms with Gasteiger partial charge in [-0.25, -0.2) is 26.3 Å². The zero-order valence-corrected chi connectivity index (χ0v) is 21.5. The first kappa shape index (κ1) is 42.4. The van der Waals surface area contributed by atoms with Crippen LogP contribution in [0.4, 0.5) is 123 Å². The van der Waals surface area contributed by atoms with Gasteiger partial charge in [0.05, 0.1) is 0 Å². The smallest absolute Gasteiger partial charge is 0.447 e. The molecule has 0 aliphatic heterocycles. The Morgan fingerprint density at radius 2 is 0.500 bits per heavy atom. The Hall–Kier alpha value is -3.72. The maximum atomic E-state index is 14.8. The van der Waals surface area contributed by atoms with Crippen LogP contribution in [0.5, 0.6) is 11.5 Å². The average Bonchev–Trinajstić information content (AvgIpc) is 2.96. The minimum Gasteiger partial charge on any atom is -0.447 e. The molecule has 0 aromatic heterocycles. The van der Waals surface area contributed by atoms with E-state index in [2.05, 4.69) is 4.74 Å². The molecular weight excluding hydrogens is 800 g/mol. The summed E-state index contributed by atoms with van der Waals surface area (Å²) in [5, 5.41) is 0. The Balaban J connectivity index is 3.00. The second-order valence-corrected chi connectivity index (χ2v) is 9.05. The summed E-state index contributed by atoms with van der Waals surface area (Å²) in [6, 6.07) is 0. The highest BCUT2D eigenvalue weighted by atomic mass is 19.4. The van der Waals surface area contributed by atoms with Gasteiger partial charge in [0.25, 0.3) is 0 Å². The van der Waals surface area contributed by atoms with Gasteiger partial charge in [-0.05, 0) is 0 Å². The zero-order chi connectivity index (χ0) is 40.1. The van der Waals surface area contributed by atoms with E-state index in [4.69, 9.17) is 0 Å². The van der Waals surface area contributed by atoms with Gasteiger partial charge in [0.2, 0.25) is 46.5 Å². The van der Waals surface area contributed by atoms with Gasteiger partial charge < -0.3 is 4.74 Å². The van der Waals surface area contributed by atoms with Crippen LogP contribution in [0.25, 0.3) is 0 Å². The minimum atomic E-state index is -9.54. The molecular formula is C21F28O. The van der Waals surface area contributed by atoms with E-state index in [0.717, 1.165) is 0 Å². The highest BCUT2D eigenvalue weighted by Crippen LogP contribution is 2.66. The molecule has 0 unspecified atom stereocenters. The van der Waals surface area contributed by atoms with E-state index in [1.54, 1.807) is 0 Å². The Bertz CT molecular complexity index is 1640. The summed E-state index contributed by atoms with van der Waals surface area (Å²) in [4.78, 5) is 0. The third-order valence-corrected chi connectivity index (χ3v) is 6.03. The van der Waals surface area contributed by atoms with Crippen molar-refractivity contribution < 1.29 is 128 Å². The number of halogens is 28. The molecule has 2 aromatic carbocycles. The summed E-state index contributed by atoms with van der Waals surface area (Å²) >= 11 is 0. The zero-order valence-electron chi connectivity index (χ0n) is 21.5. The van der Waals surface area contributed by atoms with Gasteiger partial charge in [-0.1, -0.05) is 0 Å². The van der Waals surface area contributed by atoms with Crippen molar-refractivity contribution in [2.24, 2.45) is 0 Å². The maximum Gasteiger partial charge on any atom is 0.460 e. The van der Waals surface area contributed by atoms with E-state index in [1.807, 2.05) is 0 Å². The number of hydrogen-bond donors (Lipinski definition) is 0. The quantitative estimate of drug-likeness (QED) is 0.132. The number of alkyl halides is 19. The predicted octanol–water partition coefficient (Wildman–Crippen LogP) is 10.8. The SMILES string of the molecule is Fc1c(F)c(F)c(Oc2c(F)c(F)c(F)c(F)c2C(F)(F)C(F)(F)C(F)(F)C(F)(F)C(F)(F)C(F)(F)C(F)(F)C(F)(F)C(F)(F)F)c(F)c1F. The van der Waals surface area contributed by atoms with Crippen molar-refractivity contribution in [2.45, 2.75) is 53.6 Å². The number of ether oxygens (including phenoxy) is 1. The Morgan fingerprint density at radius 3 is 0.820 bits per heavy atom. The molecule has 286 valence electrons. The standard InChI is InChI=1S/C21F28O/c22-2-1(11(8(28)5(25)3(2)23)50-12-9(29)6(26)4(24)7(27)10(12)30)13(31,32)14(33,34)15(35,36)16(37,38)17(39,40)18(41,42)19(43,44)20(45,46)21(47,48)49. The van der Waals surface area contributed by atoms with E-state index in [1.165, 1.54) is 0 Å². The molecule has 0 N–H and O–H groups in total. The Labute approximate surface area is 252 Å². The molecule has 0 radical (unpaired) electrons. The summed E-state index contributed by atoms with van der Waals surface area (Å²) in [6.45, 7) is 0. The first-order valence-electron chi connectivity index (χ1n) is 10.9. The Morgan fingerprint density at radius 1 is 0.260 bits per heavy atom. The third kappa shape index (κ3) is 5.20. The molecule has 2 aromatic rings. The summed E-state index contributed by atoms with van der Waals surface area (Å²) in [5.41, 5.74) is -4.72. The number of benzene rings is 2. The van der Waals surface area contributed by atoms with Crippen molar-refractivity contribution in [3.05, 3.63) is 57.9 Å². The van der Waals surface area contributed by atoms with Gasteiger partial charge >= 0.3 is 53.6 Å². The number of hydrogen-bond acceptors (Lipinski definition) is 1. The fraction of sp³-hybridized carbons (Fsp3) is 0.429. The molecule has 0 aliphatic rings. The molecule has 0 atom stereocenters. The molecule has 0 amide bonds. The van der Waals surface area contributed by atoms with E-state index >= 15 is 0 Å². The molecule has 50 heavy (non-hydrogen) atoms. The van der Waals surface area contributed by atoms with Crippen LogP contribution in [0.2, 0.25) is 0 Å². The lowest BCUT2D eigenvalue weighted by molar-refractivity contribution is -0.469. The minimum absolute atomic E-state index is 3.13. The molecule has 29 heteroatoms. The fourth-order valence-electron chi connectivity index (χ4n) is 3.28.